The van der Waals surface area contributed by atoms with Gasteiger partial charge in [-0.05, 0) is 25.0 Å². The van der Waals surface area contributed by atoms with Crippen LogP contribution in [0.15, 0.2) is 18.3 Å². The lowest BCUT2D eigenvalue weighted by molar-refractivity contribution is 0.0814. The molecule has 1 aromatic heterocycles. The first-order valence-corrected chi connectivity index (χ1v) is 7.26. The molecule has 1 amide bonds. The summed E-state index contributed by atoms with van der Waals surface area (Å²) in [5, 5.41) is 21.7. The number of amides is 1. The van der Waals surface area contributed by atoms with E-state index in [0.717, 1.165) is 25.7 Å². The van der Waals surface area contributed by atoms with Gasteiger partial charge in [-0.25, -0.2) is 4.98 Å². The van der Waals surface area contributed by atoms with E-state index in [-0.39, 0.29) is 24.2 Å². The molecule has 1 aliphatic carbocycles. The van der Waals surface area contributed by atoms with Crippen molar-refractivity contribution in [3.63, 3.8) is 0 Å². The lowest BCUT2D eigenvalue weighted by Gasteiger charge is -2.21. The van der Waals surface area contributed by atoms with Gasteiger partial charge < -0.3 is 15.5 Å². The van der Waals surface area contributed by atoms with Gasteiger partial charge in [0.25, 0.3) is 5.91 Å². The second-order valence-electron chi connectivity index (χ2n) is 5.14. The van der Waals surface area contributed by atoms with E-state index < -0.39 is 6.10 Å². The molecular formula is C16H20N2O3. The van der Waals surface area contributed by atoms with Gasteiger partial charge in [-0.3, -0.25) is 4.79 Å². The summed E-state index contributed by atoms with van der Waals surface area (Å²) in [6, 6.07) is 3.15. The standard InChI is InChI=1S/C16H20N2O3/c19-11-5-7-12-6-4-10-17-15(12)16(21)18-13-8-2-1-3-9-14(13)20/h4,6,10,13-14,19-20H,1-3,8-9,11H2,(H,18,21). The van der Waals surface area contributed by atoms with Crippen molar-refractivity contribution in [2.75, 3.05) is 6.61 Å². The molecule has 0 aliphatic heterocycles. The topological polar surface area (TPSA) is 82.5 Å². The van der Waals surface area contributed by atoms with E-state index in [9.17, 15) is 9.90 Å². The molecule has 5 heteroatoms. The third kappa shape index (κ3) is 4.28. The van der Waals surface area contributed by atoms with Crippen LogP contribution in [0, 0.1) is 11.8 Å². The van der Waals surface area contributed by atoms with Crippen molar-refractivity contribution in [2.45, 2.75) is 44.2 Å². The normalized spacial score (nSPS) is 21.8. The van der Waals surface area contributed by atoms with Crippen LogP contribution in [0.5, 0.6) is 0 Å². The molecule has 2 rings (SSSR count). The van der Waals surface area contributed by atoms with Crippen LogP contribution in [0.2, 0.25) is 0 Å². The number of hydrogen-bond acceptors (Lipinski definition) is 4. The summed E-state index contributed by atoms with van der Waals surface area (Å²) >= 11 is 0. The highest BCUT2D eigenvalue weighted by Gasteiger charge is 2.24. The molecule has 0 radical (unpaired) electrons. The first-order chi connectivity index (χ1) is 10.2. The number of pyridine rings is 1. The van der Waals surface area contributed by atoms with Crippen molar-refractivity contribution in [3.8, 4) is 11.8 Å². The molecule has 21 heavy (non-hydrogen) atoms. The zero-order chi connectivity index (χ0) is 15.1. The van der Waals surface area contributed by atoms with Crippen molar-refractivity contribution in [1.82, 2.24) is 10.3 Å². The number of nitrogens with one attached hydrogen (secondary N) is 1. The molecule has 5 nitrogen and oxygen atoms in total. The zero-order valence-electron chi connectivity index (χ0n) is 11.9. The molecular weight excluding hydrogens is 268 g/mol. The number of aromatic nitrogens is 1. The van der Waals surface area contributed by atoms with Gasteiger partial charge in [0.15, 0.2) is 0 Å². The van der Waals surface area contributed by atoms with Crippen LogP contribution < -0.4 is 5.32 Å². The fourth-order valence-corrected chi connectivity index (χ4v) is 2.52. The molecule has 0 bridgehead atoms. The van der Waals surface area contributed by atoms with E-state index in [2.05, 4.69) is 22.1 Å². The Morgan fingerprint density at radius 3 is 3.00 bits per heavy atom. The van der Waals surface area contributed by atoms with Gasteiger partial charge in [-0.2, -0.15) is 0 Å². The van der Waals surface area contributed by atoms with Gasteiger partial charge >= 0.3 is 0 Å². The van der Waals surface area contributed by atoms with Crippen molar-refractivity contribution in [2.24, 2.45) is 0 Å². The third-order valence-electron chi connectivity index (χ3n) is 3.62. The largest absolute Gasteiger partial charge is 0.391 e. The second kappa shape index (κ2) is 7.77. The Balaban J connectivity index is 2.12. The summed E-state index contributed by atoms with van der Waals surface area (Å²) < 4.78 is 0. The Hall–Kier alpha value is -1.90. The molecule has 2 atom stereocenters. The maximum Gasteiger partial charge on any atom is 0.271 e. The second-order valence-corrected chi connectivity index (χ2v) is 5.14. The van der Waals surface area contributed by atoms with Gasteiger partial charge in [-0.15, -0.1) is 0 Å². The molecule has 112 valence electrons. The molecule has 1 aliphatic rings. The average molecular weight is 288 g/mol. The number of carbonyl (C=O) groups excluding carboxylic acids is 1. The zero-order valence-corrected chi connectivity index (χ0v) is 11.9. The lowest BCUT2D eigenvalue weighted by atomic mass is 10.1. The highest BCUT2D eigenvalue weighted by molar-refractivity contribution is 5.94. The lowest BCUT2D eigenvalue weighted by Crippen LogP contribution is -2.43. The van der Waals surface area contributed by atoms with Crippen LogP contribution in [0.25, 0.3) is 0 Å². The molecule has 3 N–H and O–H groups in total. The quantitative estimate of drug-likeness (QED) is 0.556. The highest BCUT2D eigenvalue weighted by Crippen LogP contribution is 2.18. The molecule has 2 unspecified atom stereocenters. The van der Waals surface area contributed by atoms with Gasteiger partial charge in [0.2, 0.25) is 0 Å². The van der Waals surface area contributed by atoms with Crippen LogP contribution in [-0.4, -0.2) is 39.9 Å². The van der Waals surface area contributed by atoms with Gasteiger partial charge in [0.1, 0.15) is 12.3 Å². The molecule has 1 heterocycles. The van der Waals surface area contributed by atoms with E-state index in [1.165, 1.54) is 6.20 Å². The van der Waals surface area contributed by atoms with Crippen LogP contribution in [0.4, 0.5) is 0 Å². The average Bonchev–Trinajstić information content (AvgIpc) is 2.70. The SMILES string of the molecule is O=C(NC1CCCCCC1O)c1ncccc1C#CCO. The first-order valence-electron chi connectivity index (χ1n) is 7.26. The van der Waals surface area contributed by atoms with Crippen LogP contribution >= 0.6 is 0 Å². The molecule has 1 fully saturated rings. The fourth-order valence-electron chi connectivity index (χ4n) is 2.52. The number of nitrogens with zero attached hydrogens (tertiary/aromatic N) is 1. The molecule has 0 saturated heterocycles. The number of rotatable bonds is 2. The van der Waals surface area contributed by atoms with Crippen LogP contribution in [0.1, 0.15) is 48.2 Å². The number of aliphatic hydroxyl groups excluding tert-OH is 2. The van der Waals surface area contributed by atoms with Gasteiger partial charge in [0, 0.05) is 6.20 Å². The first kappa shape index (κ1) is 15.5. The summed E-state index contributed by atoms with van der Waals surface area (Å²) in [6.45, 7) is -0.267. The monoisotopic (exact) mass is 288 g/mol. The Labute approximate surface area is 124 Å². The Kier molecular flexibility index (Phi) is 5.73. The summed E-state index contributed by atoms with van der Waals surface area (Å²) in [7, 11) is 0. The van der Waals surface area contributed by atoms with Gasteiger partial charge in [-0.1, -0.05) is 31.1 Å². The van der Waals surface area contributed by atoms with Crippen molar-refractivity contribution >= 4 is 5.91 Å². The maximum atomic E-state index is 12.3. The van der Waals surface area contributed by atoms with Crippen LogP contribution in [0.3, 0.4) is 0 Å². The van der Waals surface area contributed by atoms with E-state index in [1.807, 2.05) is 0 Å². The number of hydrogen-bond donors (Lipinski definition) is 3. The summed E-state index contributed by atoms with van der Waals surface area (Å²) in [5.41, 5.74) is 0.710. The van der Waals surface area contributed by atoms with E-state index in [0.29, 0.717) is 12.0 Å². The minimum Gasteiger partial charge on any atom is -0.391 e. The molecule has 1 aromatic rings. The minimum absolute atomic E-state index is 0.231. The molecule has 0 aromatic carbocycles. The van der Waals surface area contributed by atoms with E-state index >= 15 is 0 Å². The van der Waals surface area contributed by atoms with Crippen molar-refractivity contribution in [1.29, 1.82) is 0 Å². The number of aliphatic hydroxyl groups is 2. The Bertz CT molecular complexity index is 548. The predicted molar refractivity (Wildman–Crippen MR) is 78.5 cm³/mol. The smallest absolute Gasteiger partial charge is 0.271 e. The molecule has 1 saturated carbocycles. The predicted octanol–water partition coefficient (Wildman–Crippen LogP) is 0.849. The third-order valence-corrected chi connectivity index (χ3v) is 3.62. The fraction of sp³-hybridized carbons (Fsp3) is 0.500. The summed E-state index contributed by atoms with van der Waals surface area (Å²) in [5.74, 6) is 4.91. The van der Waals surface area contributed by atoms with Crippen LogP contribution in [-0.2, 0) is 0 Å². The number of carbonyl (C=O) groups is 1. The van der Waals surface area contributed by atoms with Crippen molar-refractivity contribution in [3.05, 3.63) is 29.6 Å². The Morgan fingerprint density at radius 2 is 2.19 bits per heavy atom. The Morgan fingerprint density at radius 1 is 1.38 bits per heavy atom. The molecule has 0 spiro atoms. The minimum atomic E-state index is -0.507. The van der Waals surface area contributed by atoms with E-state index in [1.54, 1.807) is 12.1 Å². The van der Waals surface area contributed by atoms with E-state index in [4.69, 9.17) is 5.11 Å². The highest BCUT2D eigenvalue weighted by atomic mass is 16.3. The maximum absolute atomic E-state index is 12.3. The van der Waals surface area contributed by atoms with Crippen molar-refractivity contribution < 1.29 is 15.0 Å². The summed E-state index contributed by atoms with van der Waals surface area (Å²) in [4.78, 5) is 16.4. The summed E-state index contributed by atoms with van der Waals surface area (Å²) in [6.07, 6.45) is 5.59. The van der Waals surface area contributed by atoms with Gasteiger partial charge in [0.05, 0.1) is 17.7 Å².